The number of nitrogens with zero attached hydrogens (tertiary/aromatic N) is 1. The Balaban J connectivity index is 1.94. The smallest absolute Gasteiger partial charge is 0.195 e. The average molecular weight is 430 g/mol. The van der Waals surface area contributed by atoms with Crippen molar-refractivity contribution in [3.05, 3.63) is 18.2 Å². The van der Waals surface area contributed by atoms with Gasteiger partial charge in [0.25, 0.3) is 0 Å². The first kappa shape index (κ1) is 23.2. The maximum atomic E-state index is 11.4. The number of hydrogen-bond acceptors (Lipinski definition) is 7. The molecule has 10 heteroatoms. The highest BCUT2D eigenvalue weighted by Gasteiger charge is 2.12. The molecule has 1 aliphatic rings. The zero-order valence-corrected chi connectivity index (χ0v) is 17.9. The normalized spacial score (nSPS) is 14.3. The van der Waals surface area contributed by atoms with E-state index in [1.807, 2.05) is 18.2 Å². The van der Waals surface area contributed by atoms with E-state index in [0.29, 0.717) is 57.0 Å². The predicted molar refractivity (Wildman–Crippen MR) is 113 cm³/mol. The van der Waals surface area contributed by atoms with Crippen LogP contribution in [0.5, 0.6) is 11.5 Å². The molecule has 0 saturated carbocycles. The molecule has 0 saturated heterocycles. The van der Waals surface area contributed by atoms with Crippen molar-refractivity contribution in [3.63, 3.8) is 0 Å². The number of aliphatic imine (C=N–C) groups is 1. The number of fused-ring (bicyclic) bond motifs is 1. The quantitative estimate of drug-likeness (QED) is 0.308. The van der Waals surface area contributed by atoms with Gasteiger partial charge in [0.2, 0.25) is 0 Å². The number of ether oxygens (including phenoxy) is 4. The molecular formula is C19H31N3O6S. The average Bonchev–Trinajstić information content (AvgIpc) is 2.91. The van der Waals surface area contributed by atoms with Gasteiger partial charge in [-0.15, -0.1) is 0 Å². The van der Waals surface area contributed by atoms with Crippen molar-refractivity contribution < 1.29 is 27.4 Å². The Bertz CT molecular complexity index is 754. The van der Waals surface area contributed by atoms with Gasteiger partial charge in [0.15, 0.2) is 17.5 Å². The Labute approximate surface area is 172 Å². The summed E-state index contributed by atoms with van der Waals surface area (Å²) in [6, 6.07) is 5.57. The lowest BCUT2D eigenvalue weighted by molar-refractivity contribution is 0.0702. The summed E-state index contributed by atoms with van der Waals surface area (Å²) in [7, 11) is -1.43. The molecule has 9 nitrogen and oxygen atoms in total. The fourth-order valence-electron chi connectivity index (χ4n) is 2.47. The van der Waals surface area contributed by atoms with Crippen LogP contribution in [-0.2, 0) is 19.3 Å². The van der Waals surface area contributed by atoms with E-state index in [-0.39, 0.29) is 12.3 Å². The molecule has 0 fully saturated rings. The third-order valence-electron chi connectivity index (χ3n) is 3.92. The minimum absolute atomic E-state index is 0.0228. The topological polar surface area (TPSA) is 107 Å². The molecule has 1 aromatic rings. The van der Waals surface area contributed by atoms with Crippen molar-refractivity contribution in [1.82, 2.24) is 5.32 Å². The number of rotatable bonds is 11. The lowest BCUT2D eigenvalue weighted by Gasteiger charge is -2.14. The Morgan fingerprint density at radius 1 is 1.17 bits per heavy atom. The highest BCUT2D eigenvalue weighted by Crippen LogP contribution is 2.32. The van der Waals surface area contributed by atoms with E-state index >= 15 is 0 Å². The first-order chi connectivity index (χ1) is 14.0. The summed E-state index contributed by atoms with van der Waals surface area (Å²) in [5.74, 6) is 1.91. The number of sulfone groups is 1. The first-order valence-corrected chi connectivity index (χ1v) is 11.7. The highest BCUT2D eigenvalue weighted by atomic mass is 32.2. The molecule has 0 aromatic heterocycles. The van der Waals surface area contributed by atoms with Gasteiger partial charge in [-0.25, -0.2) is 8.42 Å². The molecule has 164 valence electrons. The van der Waals surface area contributed by atoms with Crippen molar-refractivity contribution in [3.8, 4) is 11.5 Å². The fourth-order valence-corrected chi connectivity index (χ4v) is 2.95. The second-order valence-corrected chi connectivity index (χ2v) is 8.84. The lowest BCUT2D eigenvalue weighted by atomic mass is 10.3. The molecule has 29 heavy (non-hydrogen) atoms. The Kier molecular flexibility index (Phi) is 10.0. The molecule has 0 atom stereocenters. The molecular weight excluding hydrogens is 398 g/mol. The van der Waals surface area contributed by atoms with Crippen LogP contribution < -0.4 is 20.1 Å². The summed E-state index contributed by atoms with van der Waals surface area (Å²) >= 11 is 0. The summed E-state index contributed by atoms with van der Waals surface area (Å²) in [5.41, 5.74) is 0.774. The van der Waals surface area contributed by atoms with Gasteiger partial charge in [0.05, 0.1) is 32.2 Å². The zero-order valence-electron chi connectivity index (χ0n) is 17.1. The monoisotopic (exact) mass is 429 g/mol. The van der Waals surface area contributed by atoms with Crippen molar-refractivity contribution in [2.75, 3.05) is 70.6 Å². The number of guanidine groups is 1. The molecule has 2 rings (SSSR count). The van der Waals surface area contributed by atoms with Crippen LogP contribution in [0.1, 0.15) is 12.8 Å². The molecule has 0 radical (unpaired) electrons. The van der Waals surface area contributed by atoms with Crippen molar-refractivity contribution >= 4 is 21.5 Å². The summed E-state index contributed by atoms with van der Waals surface area (Å²) in [4.78, 5) is 4.50. The van der Waals surface area contributed by atoms with E-state index in [2.05, 4.69) is 15.6 Å². The maximum Gasteiger partial charge on any atom is 0.195 e. The maximum absolute atomic E-state index is 11.4. The molecule has 0 aliphatic carbocycles. The standard InChI is InChI=1S/C19H31N3O6S/c1-25-12-13-26-9-3-7-20-19(21-8-14-29(2,23)24)22-16-5-6-17-18(15-16)28-11-4-10-27-17/h5-6,15H,3-4,7-14H2,1-2H3,(H2,20,21,22). The third kappa shape index (κ3) is 9.82. The molecule has 1 heterocycles. The number of hydrogen-bond donors (Lipinski definition) is 2. The Morgan fingerprint density at radius 2 is 1.97 bits per heavy atom. The summed E-state index contributed by atoms with van der Waals surface area (Å²) in [6.07, 6.45) is 2.79. The van der Waals surface area contributed by atoms with Crippen LogP contribution in [0.25, 0.3) is 0 Å². The van der Waals surface area contributed by atoms with Gasteiger partial charge >= 0.3 is 0 Å². The Morgan fingerprint density at radius 3 is 2.72 bits per heavy atom. The van der Waals surface area contributed by atoms with Gasteiger partial charge in [0.1, 0.15) is 9.84 Å². The number of nitrogens with one attached hydrogen (secondary N) is 2. The second-order valence-electron chi connectivity index (χ2n) is 6.58. The number of benzene rings is 1. The number of methoxy groups -OCH3 is 1. The van der Waals surface area contributed by atoms with Crippen LogP contribution in [0.2, 0.25) is 0 Å². The zero-order chi connectivity index (χ0) is 21.0. The van der Waals surface area contributed by atoms with Crippen LogP contribution in [0.15, 0.2) is 23.2 Å². The van der Waals surface area contributed by atoms with E-state index in [9.17, 15) is 8.42 Å². The summed E-state index contributed by atoms with van der Waals surface area (Å²) < 4.78 is 44.5. The highest BCUT2D eigenvalue weighted by molar-refractivity contribution is 7.90. The van der Waals surface area contributed by atoms with Gasteiger partial charge in [0, 0.05) is 51.2 Å². The van der Waals surface area contributed by atoms with Crippen LogP contribution >= 0.6 is 0 Å². The molecule has 0 bridgehead atoms. The van der Waals surface area contributed by atoms with E-state index < -0.39 is 9.84 Å². The van der Waals surface area contributed by atoms with E-state index in [1.54, 1.807) is 7.11 Å². The predicted octanol–water partition coefficient (Wildman–Crippen LogP) is 1.30. The summed E-state index contributed by atoms with van der Waals surface area (Å²) in [6.45, 7) is 3.72. The SMILES string of the molecule is COCCOCCCN=C(NCCS(C)(=O)=O)Nc1ccc2c(c1)OCCCO2. The van der Waals surface area contributed by atoms with Gasteiger partial charge in [-0.2, -0.15) is 0 Å². The molecule has 0 spiro atoms. The molecule has 2 N–H and O–H groups in total. The first-order valence-electron chi connectivity index (χ1n) is 9.67. The lowest BCUT2D eigenvalue weighted by Crippen LogP contribution is -2.34. The summed E-state index contributed by atoms with van der Waals surface area (Å²) in [5, 5.41) is 6.25. The van der Waals surface area contributed by atoms with Crippen LogP contribution in [-0.4, -0.2) is 79.6 Å². The molecule has 0 unspecified atom stereocenters. The molecule has 1 aromatic carbocycles. The van der Waals surface area contributed by atoms with Crippen molar-refractivity contribution in [1.29, 1.82) is 0 Å². The van der Waals surface area contributed by atoms with E-state index in [4.69, 9.17) is 18.9 Å². The van der Waals surface area contributed by atoms with Gasteiger partial charge < -0.3 is 29.6 Å². The minimum Gasteiger partial charge on any atom is -0.490 e. The third-order valence-corrected chi connectivity index (χ3v) is 4.87. The second kappa shape index (κ2) is 12.5. The van der Waals surface area contributed by atoms with Gasteiger partial charge in [-0.1, -0.05) is 0 Å². The van der Waals surface area contributed by atoms with Crippen molar-refractivity contribution in [2.45, 2.75) is 12.8 Å². The fraction of sp³-hybridized carbons (Fsp3) is 0.632. The van der Waals surface area contributed by atoms with E-state index in [1.165, 1.54) is 6.26 Å². The number of anilines is 1. The van der Waals surface area contributed by atoms with Crippen molar-refractivity contribution in [2.24, 2.45) is 4.99 Å². The van der Waals surface area contributed by atoms with Gasteiger partial charge in [-0.3, -0.25) is 4.99 Å². The van der Waals surface area contributed by atoms with Crippen LogP contribution in [0.3, 0.4) is 0 Å². The molecule has 0 amide bonds. The minimum atomic E-state index is -3.06. The van der Waals surface area contributed by atoms with E-state index in [0.717, 1.165) is 18.5 Å². The Hall–Kier alpha value is -2.04. The van der Waals surface area contributed by atoms with Crippen LogP contribution in [0.4, 0.5) is 5.69 Å². The molecule has 1 aliphatic heterocycles. The largest absolute Gasteiger partial charge is 0.490 e. The van der Waals surface area contributed by atoms with Gasteiger partial charge in [-0.05, 0) is 18.6 Å². The van der Waals surface area contributed by atoms with Crippen LogP contribution in [0, 0.1) is 0 Å².